The summed E-state index contributed by atoms with van der Waals surface area (Å²) in [4.78, 5) is 4.11. The Morgan fingerprint density at radius 3 is 2.48 bits per heavy atom. The van der Waals surface area contributed by atoms with Crippen molar-refractivity contribution in [1.29, 1.82) is 0 Å². The average molecular weight is 453 g/mol. The molecular weight excluding hydrogens is 431 g/mol. The van der Waals surface area contributed by atoms with E-state index >= 15 is 0 Å². The Balaban J connectivity index is 1.43. The molecule has 0 radical (unpaired) electrons. The van der Waals surface area contributed by atoms with Crippen LogP contribution < -0.4 is 4.74 Å². The summed E-state index contributed by atoms with van der Waals surface area (Å²) in [5.41, 5.74) is 3.05. The summed E-state index contributed by atoms with van der Waals surface area (Å²) in [6, 6.07) is 23.6. The molecule has 158 valence electrons. The second-order valence-electron chi connectivity index (χ2n) is 7.00. The number of ether oxygens (including phenoxy) is 2. The van der Waals surface area contributed by atoms with Crippen molar-refractivity contribution in [1.82, 2.24) is 9.55 Å². The van der Waals surface area contributed by atoms with Crippen molar-refractivity contribution in [2.24, 2.45) is 0 Å². The molecule has 1 aromatic heterocycles. The average Bonchev–Trinajstić information content (AvgIpc) is 3.30. The third-order valence-corrected chi connectivity index (χ3v) is 5.44. The van der Waals surface area contributed by atoms with Gasteiger partial charge >= 0.3 is 0 Å². The number of nitrogens with zero attached hydrogens (tertiary/aromatic N) is 2. The van der Waals surface area contributed by atoms with Gasteiger partial charge in [-0.2, -0.15) is 0 Å². The lowest BCUT2D eigenvalue weighted by molar-refractivity contribution is 0.0228. The molecule has 6 heteroatoms. The predicted octanol–water partition coefficient (Wildman–Crippen LogP) is 6.69. The maximum absolute atomic E-state index is 6.44. The first-order valence-electron chi connectivity index (χ1n) is 10.0. The Labute approximate surface area is 192 Å². The van der Waals surface area contributed by atoms with Gasteiger partial charge in [-0.25, -0.2) is 4.98 Å². The van der Waals surface area contributed by atoms with Crippen LogP contribution in [0.3, 0.4) is 0 Å². The molecule has 4 rings (SSSR count). The van der Waals surface area contributed by atoms with E-state index in [4.69, 9.17) is 32.7 Å². The molecule has 0 N–H and O–H groups in total. The fourth-order valence-electron chi connectivity index (χ4n) is 3.38. The highest BCUT2D eigenvalue weighted by molar-refractivity contribution is 6.35. The molecule has 4 nitrogen and oxygen atoms in total. The summed E-state index contributed by atoms with van der Waals surface area (Å²) >= 11 is 12.5. The summed E-state index contributed by atoms with van der Waals surface area (Å²) in [6.07, 6.45) is 5.14. The number of rotatable bonds is 9. The second kappa shape index (κ2) is 10.5. The highest BCUT2D eigenvalue weighted by atomic mass is 35.5. The van der Waals surface area contributed by atoms with Crippen molar-refractivity contribution in [3.63, 3.8) is 0 Å². The van der Waals surface area contributed by atoms with Gasteiger partial charge in [0.15, 0.2) is 0 Å². The second-order valence-corrected chi connectivity index (χ2v) is 7.84. The first kappa shape index (κ1) is 21.4. The first-order chi connectivity index (χ1) is 15.2. The van der Waals surface area contributed by atoms with E-state index in [0.717, 1.165) is 22.4 Å². The van der Waals surface area contributed by atoms with Crippen LogP contribution in [0.25, 0.3) is 11.1 Å². The van der Waals surface area contributed by atoms with Gasteiger partial charge in [-0.05, 0) is 23.8 Å². The van der Waals surface area contributed by atoms with Crippen LogP contribution in [0.4, 0.5) is 0 Å². The van der Waals surface area contributed by atoms with Crippen molar-refractivity contribution in [3.8, 4) is 16.9 Å². The summed E-state index contributed by atoms with van der Waals surface area (Å²) in [6.45, 7) is 1.40. The Morgan fingerprint density at radius 1 is 0.903 bits per heavy atom. The Hall–Kier alpha value is -2.79. The van der Waals surface area contributed by atoms with Gasteiger partial charge in [0, 0.05) is 33.6 Å². The third-order valence-electron chi connectivity index (χ3n) is 4.88. The summed E-state index contributed by atoms with van der Waals surface area (Å²) < 4.78 is 14.2. The van der Waals surface area contributed by atoms with Crippen molar-refractivity contribution >= 4 is 23.2 Å². The minimum Gasteiger partial charge on any atom is -0.491 e. The quantitative estimate of drug-likeness (QED) is 0.265. The van der Waals surface area contributed by atoms with Crippen LogP contribution in [0, 0.1) is 0 Å². The van der Waals surface area contributed by atoms with Crippen molar-refractivity contribution in [2.45, 2.75) is 12.6 Å². The number of hydrogen-bond donors (Lipinski definition) is 0. The topological polar surface area (TPSA) is 36.3 Å². The lowest BCUT2D eigenvalue weighted by Crippen LogP contribution is -2.16. The van der Waals surface area contributed by atoms with Crippen molar-refractivity contribution in [2.75, 3.05) is 13.2 Å². The van der Waals surface area contributed by atoms with E-state index in [9.17, 15) is 0 Å². The number of halogens is 2. The minimum atomic E-state index is -0.257. The first-order valence-corrected chi connectivity index (χ1v) is 10.8. The standard InChI is InChI=1S/C25H22Cl2N2O2/c26-20-10-11-22(23(27)16-20)25(17-29-13-12-28-18-29)31-15-14-30-24-9-5-4-8-21(24)19-6-2-1-3-7-19/h1-13,16,18,25H,14-15,17H2. The molecule has 0 bridgehead atoms. The smallest absolute Gasteiger partial charge is 0.127 e. The maximum Gasteiger partial charge on any atom is 0.127 e. The molecule has 1 unspecified atom stereocenters. The molecule has 3 aromatic carbocycles. The van der Waals surface area contributed by atoms with E-state index in [2.05, 4.69) is 23.2 Å². The fourth-order valence-corrected chi connectivity index (χ4v) is 3.91. The molecular formula is C25H22Cl2N2O2. The number of para-hydroxylation sites is 1. The Morgan fingerprint density at radius 2 is 1.71 bits per heavy atom. The molecule has 1 atom stereocenters. The zero-order chi connectivity index (χ0) is 21.5. The molecule has 0 aliphatic heterocycles. The maximum atomic E-state index is 6.44. The van der Waals surface area contributed by atoms with E-state index in [-0.39, 0.29) is 6.10 Å². The van der Waals surface area contributed by atoms with Gasteiger partial charge in [0.2, 0.25) is 0 Å². The van der Waals surface area contributed by atoms with Crippen LogP contribution in [0.15, 0.2) is 91.5 Å². The molecule has 0 amide bonds. The van der Waals surface area contributed by atoms with Gasteiger partial charge in [0.1, 0.15) is 18.5 Å². The largest absolute Gasteiger partial charge is 0.491 e. The molecule has 0 fully saturated rings. The number of imidazole rings is 1. The lowest BCUT2D eigenvalue weighted by atomic mass is 10.1. The van der Waals surface area contributed by atoms with E-state index in [1.165, 1.54) is 0 Å². The molecule has 0 spiro atoms. The zero-order valence-corrected chi connectivity index (χ0v) is 18.3. The normalized spacial score (nSPS) is 11.9. The zero-order valence-electron chi connectivity index (χ0n) is 16.8. The third kappa shape index (κ3) is 5.67. The van der Waals surface area contributed by atoms with E-state index in [1.54, 1.807) is 18.6 Å². The van der Waals surface area contributed by atoms with E-state index in [1.807, 2.05) is 59.3 Å². The molecule has 0 aliphatic carbocycles. The van der Waals surface area contributed by atoms with Crippen LogP contribution in [0.1, 0.15) is 11.7 Å². The number of aromatic nitrogens is 2. The van der Waals surface area contributed by atoms with Crippen molar-refractivity contribution in [3.05, 3.63) is 107 Å². The summed E-state index contributed by atoms with van der Waals surface area (Å²) in [5.74, 6) is 0.827. The lowest BCUT2D eigenvalue weighted by Gasteiger charge is -2.21. The van der Waals surface area contributed by atoms with Gasteiger partial charge in [-0.1, -0.05) is 77.8 Å². The van der Waals surface area contributed by atoms with Crippen molar-refractivity contribution < 1.29 is 9.47 Å². The van der Waals surface area contributed by atoms with Gasteiger partial charge in [-0.3, -0.25) is 0 Å². The van der Waals surface area contributed by atoms with Gasteiger partial charge < -0.3 is 14.0 Å². The predicted molar refractivity (Wildman–Crippen MR) is 125 cm³/mol. The van der Waals surface area contributed by atoms with Crippen LogP contribution >= 0.6 is 23.2 Å². The van der Waals surface area contributed by atoms with Crippen LogP contribution in [0.2, 0.25) is 10.0 Å². The summed E-state index contributed by atoms with van der Waals surface area (Å²) in [5, 5.41) is 1.17. The van der Waals surface area contributed by atoms with Gasteiger partial charge in [-0.15, -0.1) is 0 Å². The van der Waals surface area contributed by atoms with Crippen LogP contribution in [-0.4, -0.2) is 22.8 Å². The fraction of sp³-hybridized carbons (Fsp3) is 0.160. The van der Waals surface area contributed by atoms with Crippen LogP contribution in [-0.2, 0) is 11.3 Å². The van der Waals surface area contributed by atoms with Crippen LogP contribution in [0.5, 0.6) is 5.75 Å². The number of hydrogen-bond acceptors (Lipinski definition) is 3. The summed E-state index contributed by atoms with van der Waals surface area (Å²) in [7, 11) is 0. The molecule has 0 aliphatic rings. The molecule has 0 saturated carbocycles. The Bertz CT molecular complexity index is 1100. The molecule has 31 heavy (non-hydrogen) atoms. The van der Waals surface area contributed by atoms with Gasteiger partial charge in [0.05, 0.1) is 19.5 Å². The number of benzene rings is 3. The van der Waals surface area contributed by atoms with E-state index < -0.39 is 0 Å². The van der Waals surface area contributed by atoms with E-state index in [0.29, 0.717) is 29.8 Å². The Kier molecular flexibility index (Phi) is 7.26. The SMILES string of the molecule is Clc1ccc(C(Cn2ccnc2)OCCOc2ccccc2-c2ccccc2)c(Cl)c1. The highest BCUT2D eigenvalue weighted by Crippen LogP contribution is 2.31. The highest BCUT2D eigenvalue weighted by Gasteiger charge is 2.17. The molecule has 4 aromatic rings. The monoisotopic (exact) mass is 452 g/mol. The van der Waals surface area contributed by atoms with Gasteiger partial charge in [0.25, 0.3) is 0 Å². The minimum absolute atomic E-state index is 0.257. The molecule has 1 heterocycles. The molecule has 0 saturated heterocycles.